The highest BCUT2D eigenvalue weighted by atomic mass is 79.9. The molecule has 0 saturated carbocycles. The van der Waals surface area contributed by atoms with E-state index in [9.17, 15) is 0 Å². The number of hydrazine groups is 1. The molecule has 0 aromatic heterocycles. The molecule has 2 rings (SSSR count). The van der Waals surface area contributed by atoms with E-state index in [4.69, 9.17) is 5.84 Å². The third-order valence-electron chi connectivity index (χ3n) is 2.41. The fraction of sp³-hybridized carbons (Fsp3) is 0.333. The van der Waals surface area contributed by atoms with Gasteiger partial charge in [0, 0.05) is 10.5 Å². The van der Waals surface area contributed by atoms with Crippen molar-refractivity contribution in [2.45, 2.75) is 18.9 Å². The van der Waals surface area contributed by atoms with Crippen LogP contribution in [0.1, 0.15) is 23.6 Å². The average Bonchev–Trinajstić information content (AvgIpc) is 2.49. The quantitative estimate of drug-likeness (QED) is 0.568. The predicted molar refractivity (Wildman–Crippen MR) is 52.5 cm³/mol. The second-order valence-electron chi connectivity index (χ2n) is 3.07. The zero-order chi connectivity index (χ0) is 8.55. The van der Waals surface area contributed by atoms with Crippen molar-refractivity contribution in [3.63, 3.8) is 0 Å². The van der Waals surface area contributed by atoms with Crippen LogP contribution in [-0.4, -0.2) is 0 Å². The lowest BCUT2D eigenvalue weighted by Crippen LogP contribution is -2.26. The largest absolute Gasteiger partial charge is 0.271 e. The van der Waals surface area contributed by atoms with Gasteiger partial charge in [-0.1, -0.05) is 28.1 Å². The fourth-order valence-corrected chi connectivity index (χ4v) is 2.36. The molecule has 1 aliphatic rings. The zero-order valence-electron chi connectivity index (χ0n) is 6.68. The van der Waals surface area contributed by atoms with E-state index in [1.807, 2.05) is 0 Å². The highest BCUT2D eigenvalue weighted by Crippen LogP contribution is 2.34. The van der Waals surface area contributed by atoms with E-state index < -0.39 is 0 Å². The van der Waals surface area contributed by atoms with E-state index in [2.05, 4.69) is 39.6 Å². The average molecular weight is 227 g/mol. The summed E-state index contributed by atoms with van der Waals surface area (Å²) in [5.41, 5.74) is 5.57. The molecule has 0 spiro atoms. The summed E-state index contributed by atoms with van der Waals surface area (Å²) < 4.78 is 1.21. The molecule has 0 heterocycles. The van der Waals surface area contributed by atoms with Gasteiger partial charge in [-0.2, -0.15) is 0 Å². The Morgan fingerprint density at radius 1 is 1.50 bits per heavy atom. The molecular weight excluding hydrogens is 216 g/mol. The summed E-state index contributed by atoms with van der Waals surface area (Å²) in [5, 5.41) is 0. The summed E-state index contributed by atoms with van der Waals surface area (Å²) in [6, 6.07) is 6.62. The van der Waals surface area contributed by atoms with Crippen molar-refractivity contribution in [1.82, 2.24) is 5.43 Å². The van der Waals surface area contributed by atoms with Crippen LogP contribution in [0.3, 0.4) is 0 Å². The molecule has 12 heavy (non-hydrogen) atoms. The van der Waals surface area contributed by atoms with Crippen LogP contribution in [0.25, 0.3) is 0 Å². The van der Waals surface area contributed by atoms with Gasteiger partial charge < -0.3 is 0 Å². The van der Waals surface area contributed by atoms with Gasteiger partial charge in [-0.05, 0) is 30.0 Å². The highest BCUT2D eigenvalue weighted by molar-refractivity contribution is 9.10. The summed E-state index contributed by atoms with van der Waals surface area (Å²) in [7, 11) is 0. The molecule has 1 unspecified atom stereocenters. The number of nitrogens with two attached hydrogens (primary N) is 1. The Morgan fingerprint density at radius 3 is 3.08 bits per heavy atom. The van der Waals surface area contributed by atoms with Crippen LogP contribution in [0.2, 0.25) is 0 Å². The molecule has 0 bridgehead atoms. The van der Waals surface area contributed by atoms with Crippen LogP contribution in [0.5, 0.6) is 0 Å². The Hall–Kier alpha value is -0.380. The van der Waals surface area contributed by atoms with Gasteiger partial charge in [-0.25, -0.2) is 0 Å². The summed E-state index contributed by atoms with van der Waals surface area (Å²) in [5.74, 6) is 5.43. The second-order valence-corrected chi connectivity index (χ2v) is 3.92. The fourth-order valence-electron chi connectivity index (χ4n) is 1.78. The third-order valence-corrected chi connectivity index (χ3v) is 3.16. The van der Waals surface area contributed by atoms with Gasteiger partial charge in [-0.15, -0.1) is 0 Å². The number of halogens is 1. The zero-order valence-corrected chi connectivity index (χ0v) is 8.26. The van der Waals surface area contributed by atoms with E-state index >= 15 is 0 Å². The standard InChI is InChI=1S/C9H11BrN2/c10-8-3-1-2-7-6(8)4-5-9(7)12-11/h1-3,9,12H,4-5,11H2. The van der Waals surface area contributed by atoms with E-state index in [0.717, 1.165) is 12.8 Å². The molecule has 0 amide bonds. The molecule has 1 atom stereocenters. The smallest absolute Gasteiger partial charge is 0.0466 e. The number of fused-ring (bicyclic) bond motifs is 1. The van der Waals surface area contributed by atoms with E-state index in [0.29, 0.717) is 6.04 Å². The van der Waals surface area contributed by atoms with Crippen molar-refractivity contribution in [3.05, 3.63) is 33.8 Å². The van der Waals surface area contributed by atoms with Crippen molar-refractivity contribution < 1.29 is 0 Å². The first-order valence-electron chi connectivity index (χ1n) is 4.06. The van der Waals surface area contributed by atoms with Gasteiger partial charge in [0.25, 0.3) is 0 Å². The number of hydrogen-bond donors (Lipinski definition) is 2. The minimum absolute atomic E-state index is 0.345. The van der Waals surface area contributed by atoms with E-state index in [-0.39, 0.29) is 0 Å². The monoisotopic (exact) mass is 226 g/mol. The Morgan fingerprint density at radius 2 is 2.33 bits per heavy atom. The molecule has 0 radical (unpaired) electrons. The van der Waals surface area contributed by atoms with Gasteiger partial charge in [-0.3, -0.25) is 11.3 Å². The van der Waals surface area contributed by atoms with Gasteiger partial charge in [0.15, 0.2) is 0 Å². The van der Waals surface area contributed by atoms with Gasteiger partial charge in [0.1, 0.15) is 0 Å². The van der Waals surface area contributed by atoms with Crippen LogP contribution >= 0.6 is 15.9 Å². The number of hydrogen-bond acceptors (Lipinski definition) is 2. The Bertz CT molecular complexity index is 299. The first-order valence-corrected chi connectivity index (χ1v) is 4.85. The molecular formula is C9H11BrN2. The molecule has 1 aromatic rings. The maximum Gasteiger partial charge on any atom is 0.0466 e. The molecule has 0 aliphatic heterocycles. The Balaban J connectivity index is 2.46. The molecule has 1 aromatic carbocycles. The molecule has 3 N–H and O–H groups in total. The number of nitrogens with one attached hydrogen (secondary N) is 1. The van der Waals surface area contributed by atoms with Crippen LogP contribution in [0.4, 0.5) is 0 Å². The molecule has 2 nitrogen and oxygen atoms in total. The van der Waals surface area contributed by atoms with Crippen molar-refractivity contribution in [3.8, 4) is 0 Å². The van der Waals surface area contributed by atoms with Crippen molar-refractivity contribution in [2.24, 2.45) is 5.84 Å². The first kappa shape index (κ1) is 8.23. The molecule has 0 saturated heterocycles. The maximum absolute atomic E-state index is 5.43. The van der Waals surface area contributed by atoms with Gasteiger partial charge in [0.05, 0.1) is 0 Å². The minimum atomic E-state index is 0.345. The Labute approximate surface area is 80.2 Å². The summed E-state index contributed by atoms with van der Waals surface area (Å²) >= 11 is 3.54. The van der Waals surface area contributed by atoms with Crippen molar-refractivity contribution in [1.29, 1.82) is 0 Å². The third kappa shape index (κ3) is 1.18. The topological polar surface area (TPSA) is 38.0 Å². The molecule has 64 valence electrons. The maximum atomic E-state index is 5.43. The van der Waals surface area contributed by atoms with Crippen LogP contribution in [-0.2, 0) is 6.42 Å². The summed E-state index contributed by atoms with van der Waals surface area (Å²) in [6.07, 6.45) is 2.22. The van der Waals surface area contributed by atoms with Gasteiger partial charge >= 0.3 is 0 Å². The first-order chi connectivity index (χ1) is 5.83. The summed E-state index contributed by atoms with van der Waals surface area (Å²) in [6.45, 7) is 0. The highest BCUT2D eigenvalue weighted by Gasteiger charge is 2.22. The molecule has 1 aliphatic carbocycles. The lowest BCUT2D eigenvalue weighted by Gasteiger charge is -2.09. The molecule has 3 heteroatoms. The second kappa shape index (κ2) is 3.17. The van der Waals surface area contributed by atoms with Crippen molar-refractivity contribution in [2.75, 3.05) is 0 Å². The number of rotatable bonds is 1. The van der Waals surface area contributed by atoms with Crippen molar-refractivity contribution >= 4 is 15.9 Å². The Kier molecular flexibility index (Phi) is 2.17. The minimum Gasteiger partial charge on any atom is -0.271 e. The lowest BCUT2D eigenvalue weighted by molar-refractivity contribution is 0.551. The SMILES string of the molecule is NNC1CCc2c(Br)cccc21. The van der Waals surface area contributed by atoms with Crippen LogP contribution in [0.15, 0.2) is 22.7 Å². The number of benzene rings is 1. The predicted octanol–water partition coefficient (Wildman–Crippen LogP) is 1.90. The van der Waals surface area contributed by atoms with Crippen LogP contribution < -0.4 is 11.3 Å². The van der Waals surface area contributed by atoms with Gasteiger partial charge in [0.2, 0.25) is 0 Å². The lowest BCUT2D eigenvalue weighted by atomic mass is 10.1. The summed E-state index contributed by atoms with van der Waals surface area (Å²) in [4.78, 5) is 0. The normalized spacial score (nSPS) is 21.0. The van der Waals surface area contributed by atoms with Crippen LogP contribution in [0, 0.1) is 0 Å². The van der Waals surface area contributed by atoms with E-state index in [1.54, 1.807) is 0 Å². The molecule has 0 fully saturated rings. The van der Waals surface area contributed by atoms with E-state index in [1.165, 1.54) is 15.6 Å².